The van der Waals surface area contributed by atoms with E-state index in [4.69, 9.17) is 4.74 Å². The summed E-state index contributed by atoms with van der Waals surface area (Å²) in [6.07, 6.45) is 7.12. The summed E-state index contributed by atoms with van der Waals surface area (Å²) in [5.41, 5.74) is 3.21. The number of H-pyrrole nitrogens is 1. The molecule has 8 nitrogen and oxygen atoms in total. The van der Waals surface area contributed by atoms with Crippen molar-refractivity contribution in [3.8, 4) is 0 Å². The molecule has 0 bridgehead atoms. The number of rotatable bonds is 6. The molecule has 1 saturated heterocycles. The molecule has 0 aliphatic carbocycles. The molecule has 0 unspecified atom stereocenters. The number of likely N-dealkylation sites (tertiary alicyclic amines) is 1. The fourth-order valence-electron chi connectivity index (χ4n) is 4.11. The highest BCUT2D eigenvalue weighted by Crippen LogP contribution is 2.23. The molecule has 0 radical (unpaired) electrons. The van der Waals surface area contributed by atoms with Gasteiger partial charge in [-0.15, -0.1) is 0 Å². The number of aromatic amines is 1. The van der Waals surface area contributed by atoms with Gasteiger partial charge < -0.3 is 19.5 Å². The van der Waals surface area contributed by atoms with E-state index in [1.165, 1.54) is 16.5 Å². The van der Waals surface area contributed by atoms with Gasteiger partial charge in [0.2, 0.25) is 0 Å². The molecular weight excluding hydrogens is 392 g/mol. The number of aromatic nitrogens is 4. The molecule has 3 aromatic rings. The highest BCUT2D eigenvalue weighted by Gasteiger charge is 2.31. The zero-order chi connectivity index (χ0) is 22.0. The van der Waals surface area contributed by atoms with Crippen molar-refractivity contribution in [2.75, 3.05) is 26.7 Å². The van der Waals surface area contributed by atoms with E-state index in [0.717, 1.165) is 38.0 Å². The zero-order valence-corrected chi connectivity index (χ0v) is 18.8. The number of nitrogens with zero attached hydrogens (tertiary/aromatic N) is 5. The van der Waals surface area contributed by atoms with Crippen molar-refractivity contribution in [3.63, 3.8) is 0 Å². The fraction of sp³-hybridized carbons (Fsp3) is 0.522. The first-order valence-electron chi connectivity index (χ1n) is 10.9. The minimum Gasteiger partial charge on any atom is -0.444 e. The predicted octanol–water partition coefficient (Wildman–Crippen LogP) is 3.29. The lowest BCUT2D eigenvalue weighted by Crippen LogP contribution is -2.39. The number of fused-ring (bicyclic) bond motifs is 1. The van der Waals surface area contributed by atoms with E-state index < -0.39 is 5.60 Å². The maximum Gasteiger partial charge on any atom is 0.410 e. The van der Waals surface area contributed by atoms with Crippen molar-refractivity contribution < 1.29 is 9.53 Å². The van der Waals surface area contributed by atoms with Gasteiger partial charge in [0, 0.05) is 42.8 Å². The molecule has 2 aromatic heterocycles. The van der Waals surface area contributed by atoms with Crippen LogP contribution in [0, 0.1) is 0 Å². The Bertz CT molecular complexity index is 1020. The summed E-state index contributed by atoms with van der Waals surface area (Å²) in [5.74, 6) is 0. The normalized spacial score (nSPS) is 17.1. The average Bonchev–Trinajstić information content (AvgIpc) is 3.46. The molecule has 1 atom stereocenters. The van der Waals surface area contributed by atoms with Crippen molar-refractivity contribution in [1.82, 2.24) is 29.5 Å². The van der Waals surface area contributed by atoms with Crippen LogP contribution in [0.4, 0.5) is 4.79 Å². The van der Waals surface area contributed by atoms with E-state index >= 15 is 0 Å². The summed E-state index contributed by atoms with van der Waals surface area (Å²) in [6.45, 7) is 8.84. The van der Waals surface area contributed by atoms with Crippen molar-refractivity contribution in [2.45, 2.75) is 51.8 Å². The van der Waals surface area contributed by atoms with Gasteiger partial charge in [0.1, 0.15) is 18.3 Å². The van der Waals surface area contributed by atoms with Crippen molar-refractivity contribution in [2.24, 2.45) is 0 Å². The number of ether oxygens (including phenoxy) is 1. The molecule has 1 fully saturated rings. The number of hydrogen-bond acceptors (Lipinski definition) is 5. The van der Waals surface area contributed by atoms with E-state index in [2.05, 4.69) is 51.4 Å². The van der Waals surface area contributed by atoms with Crippen LogP contribution in [0.2, 0.25) is 0 Å². The van der Waals surface area contributed by atoms with Gasteiger partial charge in [0.05, 0.1) is 6.54 Å². The average molecular weight is 425 g/mol. The lowest BCUT2D eigenvalue weighted by atomic mass is 10.1. The van der Waals surface area contributed by atoms with E-state index in [-0.39, 0.29) is 6.09 Å². The summed E-state index contributed by atoms with van der Waals surface area (Å²) in [7, 11) is 2.15. The molecule has 1 amide bonds. The molecular formula is C23H32N6O2. The Balaban J connectivity index is 1.35. The van der Waals surface area contributed by atoms with Gasteiger partial charge in [0.15, 0.2) is 0 Å². The molecule has 4 rings (SSSR count). The van der Waals surface area contributed by atoms with Gasteiger partial charge in [0.25, 0.3) is 0 Å². The third-order valence-electron chi connectivity index (χ3n) is 5.82. The van der Waals surface area contributed by atoms with Crippen LogP contribution in [0.25, 0.3) is 10.9 Å². The molecule has 1 aliphatic rings. The van der Waals surface area contributed by atoms with Crippen molar-refractivity contribution in [3.05, 3.63) is 48.2 Å². The lowest BCUT2D eigenvalue weighted by molar-refractivity contribution is 0.0282. The Hall–Kier alpha value is -2.87. The smallest absolute Gasteiger partial charge is 0.410 e. The number of carbonyl (C=O) groups is 1. The van der Waals surface area contributed by atoms with Gasteiger partial charge in [-0.1, -0.05) is 6.07 Å². The maximum absolute atomic E-state index is 12.3. The number of likely N-dealkylation sites (N-methyl/N-ethyl adjacent to an activating group) is 1. The molecule has 0 saturated carbocycles. The predicted molar refractivity (Wildman–Crippen MR) is 120 cm³/mol. The van der Waals surface area contributed by atoms with Crippen molar-refractivity contribution in [1.29, 1.82) is 0 Å². The molecule has 8 heteroatoms. The van der Waals surface area contributed by atoms with Crippen LogP contribution in [-0.4, -0.2) is 74.0 Å². The van der Waals surface area contributed by atoms with E-state index in [1.807, 2.05) is 30.4 Å². The molecule has 1 N–H and O–H groups in total. The molecule has 0 spiro atoms. The molecule has 31 heavy (non-hydrogen) atoms. The second kappa shape index (κ2) is 8.70. The van der Waals surface area contributed by atoms with Crippen LogP contribution >= 0.6 is 0 Å². The van der Waals surface area contributed by atoms with Crippen LogP contribution in [0.15, 0.2) is 37.1 Å². The third-order valence-corrected chi connectivity index (χ3v) is 5.82. The quantitative estimate of drug-likeness (QED) is 0.657. The van der Waals surface area contributed by atoms with Gasteiger partial charge >= 0.3 is 6.09 Å². The number of hydrogen-bond donors (Lipinski definition) is 1. The molecule has 1 aliphatic heterocycles. The second-order valence-corrected chi connectivity index (χ2v) is 9.39. The Morgan fingerprint density at radius 2 is 2.19 bits per heavy atom. The van der Waals surface area contributed by atoms with E-state index in [9.17, 15) is 4.79 Å². The second-order valence-electron chi connectivity index (χ2n) is 9.39. The number of amides is 1. The Kier molecular flexibility index (Phi) is 6.00. The van der Waals surface area contributed by atoms with Crippen LogP contribution in [0.3, 0.4) is 0 Å². The molecule has 1 aromatic carbocycles. The van der Waals surface area contributed by atoms with Gasteiger partial charge in [-0.2, -0.15) is 5.10 Å². The van der Waals surface area contributed by atoms with Crippen LogP contribution in [0.1, 0.15) is 38.3 Å². The third kappa shape index (κ3) is 5.25. The maximum atomic E-state index is 12.3. The topological polar surface area (TPSA) is 79.3 Å². The standard InChI is InChI=1S/C23H32N6O2/c1-23(2,3)31-22(30)28-10-8-19(14-28)27(4)9-7-18-12-25-21-6-5-17(11-20(18)21)13-29-16-24-15-26-29/h5-6,11-12,15-16,19,25H,7-10,13-14H2,1-4H3/t19-/m1/s1. The highest BCUT2D eigenvalue weighted by molar-refractivity contribution is 5.83. The lowest BCUT2D eigenvalue weighted by Gasteiger charge is -2.26. The minimum absolute atomic E-state index is 0.208. The van der Waals surface area contributed by atoms with Crippen molar-refractivity contribution >= 4 is 17.0 Å². The van der Waals surface area contributed by atoms with Crippen LogP contribution in [0.5, 0.6) is 0 Å². The van der Waals surface area contributed by atoms with E-state index in [0.29, 0.717) is 12.6 Å². The Labute approximate surface area is 183 Å². The molecule has 166 valence electrons. The van der Waals surface area contributed by atoms with Crippen LogP contribution in [-0.2, 0) is 17.7 Å². The number of benzene rings is 1. The summed E-state index contributed by atoms with van der Waals surface area (Å²) >= 11 is 0. The first-order chi connectivity index (χ1) is 14.8. The fourth-order valence-corrected chi connectivity index (χ4v) is 4.11. The SMILES string of the molecule is CN(CCc1c[nH]c2ccc(Cn3cncn3)cc12)[C@@H]1CCN(C(=O)OC(C)(C)C)C1. The zero-order valence-electron chi connectivity index (χ0n) is 18.8. The van der Waals surface area contributed by atoms with Gasteiger partial charge in [-0.3, -0.25) is 0 Å². The monoisotopic (exact) mass is 424 g/mol. The summed E-state index contributed by atoms with van der Waals surface area (Å²) in [5, 5.41) is 5.45. The van der Waals surface area contributed by atoms with Crippen LogP contribution < -0.4 is 0 Å². The summed E-state index contributed by atoms with van der Waals surface area (Å²) < 4.78 is 7.35. The Morgan fingerprint density at radius 3 is 2.94 bits per heavy atom. The van der Waals surface area contributed by atoms with Gasteiger partial charge in [-0.05, 0) is 63.9 Å². The summed E-state index contributed by atoms with van der Waals surface area (Å²) in [6, 6.07) is 6.86. The summed E-state index contributed by atoms with van der Waals surface area (Å²) in [4.78, 5) is 23.9. The first-order valence-corrected chi connectivity index (χ1v) is 10.9. The number of carbonyl (C=O) groups excluding carboxylic acids is 1. The first kappa shape index (κ1) is 21.4. The van der Waals surface area contributed by atoms with Gasteiger partial charge in [-0.25, -0.2) is 14.5 Å². The Morgan fingerprint density at radius 1 is 1.35 bits per heavy atom. The highest BCUT2D eigenvalue weighted by atomic mass is 16.6. The van der Waals surface area contributed by atoms with E-state index in [1.54, 1.807) is 12.7 Å². The largest absolute Gasteiger partial charge is 0.444 e. The molecule has 3 heterocycles. The number of nitrogens with one attached hydrogen (secondary N) is 1. The minimum atomic E-state index is -0.455.